The summed E-state index contributed by atoms with van der Waals surface area (Å²) in [5, 5.41) is 0. The van der Waals surface area contributed by atoms with Crippen molar-refractivity contribution in [3.8, 4) is 11.5 Å². The number of hydrogen-bond donors (Lipinski definition) is 0. The van der Waals surface area contributed by atoms with E-state index in [0.29, 0.717) is 19.6 Å². The van der Waals surface area contributed by atoms with Crippen molar-refractivity contribution in [2.45, 2.75) is 51.2 Å². The standard InChI is InChI=1S/C19H26O5/c1-3-22-15-8-9-16-13(11-15)10-14(12-23-16)19(20)24-18-7-5-4-6-17(18)21-2/h8-9,11,14,17-18H,3-7,10,12H2,1-2H3. The van der Waals surface area contributed by atoms with Crippen LogP contribution in [0, 0.1) is 5.92 Å². The Morgan fingerprint density at radius 2 is 2.04 bits per heavy atom. The van der Waals surface area contributed by atoms with Crippen molar-refractivity contribution in [3.05, 3.63) is 23.8 Å². The highest BCUT2D eigenvalue weighted by Gasteiger charge is 2.33. The molecule has 1 aromatic carbocycles. The molecule has 1 aliphatic carbocycles. The molecule has 0 saturated heterocycles. The number of hydrogen-bond acceptors (Lipinski definition) is 5. The summed E-state index contributed by atoms with van der Waals surface area (Å²) in [6.45, 7) is 2.93. The summed E-state index contributed by atoms with van der Waals surface area (Å²) in [6.07, 6.45) is 4.56. The predicted molar refractivity (Wildman–Crippen MR) is 89.4 cm³/mol. The maximum absolute atomic E-state index is 12.6. The van der Waals surface area contributed by atoms with Gasteiger partial charge in [-0.3, -0.25) is 4.79 Å². The second kappa shape index (κ2) is 7.88. The normalized spacial score (nSPS) is 26.2. The van der Waals surface area contributed by atoms with E-state index in [1.54, 1.807) is 7.11 Å². The largest absolute Gasteiger partial charge is 0.494 e. The lowest BCUT2D eigenvalue weighted by Crippen LogP contribution is -2.39. The minimum atomic E-state index is -0.270. The zero-order valence-corrected chi connectivity index (χ0v) is 14.5. The topological polar surface area (TPSA) is 54.0 Å². The van der Waals surface area contributed by atoms with Crippen molar-refractivity contribution in [2.24, 2.45) is 5.92 Å². The first-order valence-corrected chi connectivity index (χ1v) is 8.83. The molecule has 1 aromatic rings. The third-order valence-electron chi connectivity index (χ3n) is 4.79. The van der Waals surface area contributed by atoms with Crippen LogP contribution in [0.2, 0.25) is 0 Å². The fourth-order valence-electron chi connectivity index (χ4n) is 3.49. The van der Waals surface area contributed by atoms with Gasteiger partial charge in [0.05, 0.1) is 18.6 Å². The number of benzene rings is 1. The number of ether oxygens (including phenoxy) is 4. The molecular formula is C19H26O5. The molecule has 0 N–H and O–H groups in total. The maximum Gasteiger partial charge on any atom is 0.313 e. The van der Waals surface area contributed by atoms with Crippen LogP contribution in [0.25, 0.3) is 0 Å². The summed E-state index contributed by atoms with van der Waals surface area (Å²) in [6, 6.07) is 5.76. The van der Waals surface area contributed by atoms with E-state index in [-0.39, 0.29) is 24.1 Å². The molecule has 1 fully saturated rings. The van der Waals surface area contributed by atoms with E-state index in [9.17, 15) is 4.79 Å². The average molecular weight is 334 g/mol. The van der Waals surface area contributed by atoms with Crippen LogP contribution in [0.1, 0.15) is 38.2 Å². The van der Waals surface area contributed by atoms with Gasteiger partial charge in [0.1, 0.15) is 24.2 Å². The van der Waals surface area contributed by atoms with Gasteiger partial charge in [-0.1, -0.05) is 6.42 Å². The lowest BCUT2D eigenvalue weighted by Gasteiger charge is -2.32. The van der Waals surface area contributed by atoms with Crippen molar-refractivity contribution in [3.63, 3.8) is 0 Å². The van der Waals surface area contributed by atoms with Gasteiger partial charge in [-0.15, -0.1) is 0 Å². The van der Waals surface area contributed by atoms with Gasteiger partial charge in [0.2, 0.25) is 0 Å². The van der Waals surface area contributed by atoms with Crippen molar-refractivity contribution in [1.29, 1.82) is 0 Å². The first kappa shape index (κ1) is 17.1. The van der Waals surface area contributed by atoms with Gasteiger partial charge in [-0.25, -0.2) is 0 Å². The van der Waals surface area contributed by atoms with Gasteiger partial charge in [-0.05, 0) is 56.4 Å². The molecule has 0 radical (unpaired) electrons. The molecule has 2 aliphatic rings. The smallest absolute Gasteiger partial charge is 0.313 e. The van der Waals surface area contributed by atoms with Crippen LogP contribution in [-0.4, -0.2) is 38.5 Å². The van der Waals surface area contributed by atoms with E-state index in [4.69, 9.17) is 18.9 Å². The molecule has 3 unspecified atom stereocenters. The third kappa shape index (κ3) is 3.83. The molecule has 5 heteroatoms. The van der Waals surface area contributed by atoms with Crippen molar-refractivity contribution < 1.29 is 23.7 Å². The lowest BCUT2D eigenvalue weighted by atomic mass is 9.93. The number of carbonyl (C=O) groups excluding carboxylic acids is 1. The monoisotopic (exact) mass is 334 g/mol. The van der Waals surface area contributed by atoms with Gasteiger partial charge in [0.15, 0.2) is 0 Å². The van der Waals surface area contributed by atoms with Gasteiger partial charge in [-0.2, -0.15) is 0 Å². The molecule has 1 saturated carbocycles. The van der Waals surface area contributed by atoms with Gasteiger partial charge in [0, 0.05) is 7.11 Å². The first-order valence-electron chi connectivity index (χ1n) is 8.83. The minimum absolute atomic E-state index is 0.0176. The van der Waals surface area contributed by atoms with E-state index in [1.165, 1.54) is 0 Å². The fourth-order valence-corrected chi connectivity index (χ4v) is 3.49. The average Bonchev–Trinajstić information content (AvgIpc) is 2.62. The minimum Gasteiger partial charge on any atom is -0.494 e. The highest BCUT2D eigenvalue weighted by atomic mass is 16.6. The van der Waals surface area contributed by atoms with Gasteiger partial charge < -0.3 is 18.9 Å². The fraction of sp³-hybridized carbons (Fsp3) is 0.632. The number of rotatable bonds is 5. The summed E-state index contributed by atoms with van der Waals surface area (Å²) < 4.78 is 22.5. The van der Waals surface area contributed by atoms with Crippen LogP contribution >= 0.6 is 0 Å². The molecule has 1 aliphatic heterocycles. The summed E-state index contributed by atoms with van der Waals surface area (Å²) in [5.74, 6) is 1.18. The third-order valence-corrected chi connectivity index (χ3v) is 4.79. The molecule has 24 heavy (non-hydrogen) atoms. The van der Waals surface area contributed by atoms with E-state index in [2.05, 4.69) is 0 Å². The zero-order chi connectivity index (χ0) is 16.9. The van der Waals surface area contributed by atoms with Crippen LogP contribution in [0.15, 0.2) is 18.2 Å². The zero-order valence-electron chi connectivity index (χ0n) is 14.5. The summed E-state index contributed by atoms with van der Waals surface area (Å²) >= 11 is 0. The number of esters is 1. The Hall–Kier alpha value is -1.75. The molecule has 1 heterocycles. The Balaban J connectivity index is 1.63. The Morgan fingerprint density at radius 3 is 2.79 bits per heavy atom. The van der Waals surface area contributed by atoms with Crippen LogP contribution in [0.4, 0.5) is 0 Å². The second-order valence-corrected chi connectivity index (χ2v) is 6.45. The van der Waals surface area contributed by atoms with Crippen LogP contribution in [0.5, 0.6) is 11.5 Å². The van der Waals surface area contributed by atoms with E-state index >= 15 is 0 Å². The van der Waals surface area contributed by atoms with Crippen LogP contribution in [-0.2, 0) is 20.7 Å². The van der Waals surface area contributed by atoms with Crippen LogP contribution in [0.3, 0.4) is 0 Å². The SMILES string of the molecule is CCOc1ccc2c(c1)CC(C(=O)OC1CCCCC1OC)CO2. The summed E-state index contributed by atoms with van der Waals surface area (Å²) in [5.41, 5.74) is 1.00. The van der Waals surface area contributed by atoms with Gasteiger partial charge in [0.25, 0.3) is 0 Å². The van der Waals surface area contributed by atoms with Crippen molar-refractivity contribution >= 4 is 5.97 Å². The molecule has 3 atom stereocenters. The number of fused-ring (bicyclic) bond motifs is 1. The number of methoxy groups -OCH3 is 1. The highest BCUT2D eigenvalue weighted by molar-refractivity contribution is 5.74. The van der Waals surface area contributed by atoms with E-state index < -0.39 is 0 Å². The summed E-state index contributed by atoms with van der Waals surface area (Å²) in [7, 11) is 1.69. The molecule has 0 bridgehead atoms. The quantitative estimate of drug-likeness (QED) is 0.774. The predicted octanol–water partition coefficient (Wildman–Crippen LogP) is 3.14. The Bertz CT molecular complexity index is 571. The van der Waals surface area contributed by atoms with E-state index in [1.807, 2.05) is 25.1 Å². The highest BCUT2D eigenvalue weighted by Crippen LogP contribution is 2.32. The summed E-state index contributed by atoms with van der Waals surface area (Å²) in [4.78, 5) is 12.6. The molecule has 3 rings (SSSR count). The molecule has 0 spiro atoms. The van der Waals surface area contributed by atoms with E-state index in [0.717, 1.165) is 42.7 Å². The first-order chi connectivity index (χ1) is 11.7. The van der Waals surface area contributed by atoms with Crippen molar-refractivity contribution in [1.82, 2.24) is 0 Å². The lowest BCUT2D eigenvalue weighted by molar-refractivity contribution is -0.165. The molecule has 0 aromatic heterocycles. The molecule has 132 valence electrons. The Morgan fingerprint density at radius 1 is 1.25 bits per heavy atom. The Kier molecular flexibility index (Phi) is 5.61. The van der Waals surface area contributed by atoms with Crippen molar-refractivity contribution in [2.75, 3.05) is 20.3 Å². The molecular weight excluding hydrogens is 308 g/mol. The van der Waals surface area contributed by atoms with Gasteiger partial charge >= 0.3 is 5.97 Å². The Labute approximate surface area is 143 Å². The second-order valence-electron chi connectivity index (χ2n) is 6.45. The molecule has 0 amide bonds. The van der Waals surface area contributed by atoms with Crippen LogP contribution < -0.4 is 9.47 Å². The number of carbonyl (C=O) groups is 1. The maximum atomic E-state index is 12.6. The molecule has 5 nitrogen and oxygen atoms in total.